The lowest BCUT2D eigenvalue weighted by molar-refractivity contribution is 0.316. The first-order valence-corrected chi connectivity index (χ1v) is 38.2. The Morgan fingerprint density at radius 2 is 0.684 bits per heavy atom. The average molecular weight is 1300 g/mol. The smallest absolute Gasteiger partial charge is 0.119 e. The van der Waals surface area contributed by atoms with Gasteiger partial charge in [0.1, 0.15) is 17.2 Å². The molecule has 0 aromatic heterocycles. The highest BCUT2D eigenvalue weighted by Gasteiger charge is 2.56. The third-order valence-electron chi connectivity index (χ3n) is 21.1. The lowest BCUT2D eigenvalue weighted by Crippen LogP contribution is -2.26. The summed E-state index contributed by atoms with van der Waals surface area (Å²) < 4.78 is 6.47. The fraction of sp³-hybridized carbons (Fsp3) is 0.217. The zero-order valence-electron chi connectivity index (χ0n) is 58.2. The maximum atomic E-state index is 11.9. The first-order chi connectivity index (χ1) is 47.6. The standard InChI is InChI=1S/C92H92N2O3Si/c1-64(2)58-68-20-40-83(41-21-68)93(87-48-32-76(33-49-87)73-18-13-10-14-19-73)85-44-24-70(25-45-85)60-78-62-81(38-54-90(78)95)92(7,80-36-52-89(53-37-80)97-56-15-57-98(8)66(5)67(98)6)82-39-55-91(96)79(63-82)61-71-26-46-86(47-27-71)94(84-42-22-69(23-43-84)59-65(3)4)88-50-34-77(35-51-88)75-30-28-74(29-31-75)72-16-11-9-12-17-72/h9-14,16-55,62-67,95-96H,15,56-61H2,1-8H3. The summed E-state index contributed by atoms with van der Waals surface area (Å²) >= 11 is 0. The zero-order chi connectivity index (χ0) is 67.9. The fourth-order valence-corrected chi connectivity index (χ4v) is 19.5. The minimum atomic E-state index is -1.16. The molecule has 0 amide bonds. The van der Waals surface area contributed by atoms with Crippen LogP contribution in [-0.4, -0.2) is 24.9 Å². The summed E-state index contributed by atoms with van der Waals surface area (Å²) in [5.41, 5.74) is 24.2. The van der Waals surface area contributed by atoms with Gasteiger partial charge in [0.25, 0.3) is 0 Å². The molecule has 5 nitrogen and oxygen atoms in total. The fourth-order valence-electron chi connectivity index (χ4n) is 14.7. The van der Waals surface area contributed by atoms with Crippen molar-refractivity contribution in [2.45, 2.75) is 110 Å². The van der Waals surface area contributed by atoms with Gasteiger partial charge < -0.3 is 24.7 Å². The summed E-state index contributed by atoms with van der Waals surface area (Å²) in [6, 6.07) is 105. The van der Waals surface area contributed by atoms with Gasteiger partial charge in [-0.15, -0.1) is 0 Å². The van der Waals surface area contributed by atoms with Crippen molar-refractivity contribution in [2.24, 2.45) is 11.8 Å². The van der Waals surface area contributed by atoms with E-state index in [1.165, 1.54) is 45.0 Å². The van der Waals surface area contributed by atoms with Gasteiger partial charge in [-0.3, -0.25) is 0 Å². The Balaban J connectivity index is 0.794. The van der Waals surface area contributed by atoms with Gasteiger partial charge in [-0.1, -0.05) is 248 Å². The summed E-state index contributed by atoms with van der Waals surface area (Å²) in [6.45, 7) is 19.5. The summed E-state index contributed by atoms with van der Waals surface area (Å²) in [4.78, 5) is 4.66. The van der Waals surface area contributed by atoms with Crippen molar-refractivity contribution < 1.29 is 14.9 Å². The van der Waals surface area contributed by atoms with E-state index in [1.54, 1.807) is 0 Å². The van der Waals surface area contributed by atoms with Gasteiger partial charge in [0.2, 0.25) is 0 Å². The molecular weight excluding hydrogens is 1210 g/mol. The number of nitrogens with zero attached hydrogens (tertiary/aromatic N) is 2. The SMILES string of the molecule is CC(C)Cc1ccc(N(c2ccc(Cc3cc(C(C)(c4ccc(OCCC[Si]5(C)C(C)C5C)cc4)c4ccc(O)c(Cc5ccc(N(c6ccc(CC(C)C)cc6)c6ccc(-c7ccc(-c8ccccc8)cc7)cc6)cc5)c4)ccc3O)cc2)c2ccc(-c3ccccc3)cc2)cc1. The summed E-state index contributed by atoms with van der Waals surface area (Å²) in [7, 11) is -1.16. The number of ether oxygens (including phenoxy) is 1. The van der Waals surface area contributed by atoms with Gasteiger partial charge in [0.05, 0.1) is 14.7 Å². The predicted molar refractivity (Wildman–Crippen MR) is 415 cm³/mol. The molecule has 1 fully saturated rings. The van der Waals surface area contributed by atoms with Crippen LogP contribution in [0.5, 0.6) is 17.2 Å². The Bertz CT molecular complexity index is 4590. The molecule has 12 aromatic rings. The molecule has 1 saturated heterocycles. The van der Waals surface area contributed by atoms with Crippen molar-refractivity contribution >= 4 is 42.2 Å². The van der Waals surface area contributed by atoms with E-state index in [0.717, 1.165) is 115 Å². The maximum Gasteiger partial charge on any atom is 0.119 e. The first kappa shape index (κ1) is 66.5. The lowest BCUT2D eigenvalue weighted by atomic mass is 9.70. The van der Waals surface area contributed by atoms with E-state index in [0.29, 0.717) is 31.3 Å². The second kappa shape index (κ2) is 29.3. The Morgan fingerprint density at radius 1 is 0.378 bits per heavy atom. The maximum absolute atomic E-state index is 11.9. The van der Waals surface area contributed by atoms with Crippen molar-refractivity contribution in [3.63, 3.8) is 0 Å². The van der Waals surface area contributed by atoms with Gasteiger partial charge >= 0.3 is 0 Å². The quantitative estimate of drug-likeness (QED) is 0.0339. The van der Waals surface area contributed by atoms with E-state index in [-0.39, 0.29) is 11.5 Å². The van der Waals surface area contributed by atoms with Crippen LogP contribution in [-0.2, 0) is 31.1 Å². The van der Waals surface area contributed by atoms with E-state index in [9.17, 15) is 10.2 Å². The molecule has 0 spiro atoms. The van der Waals surface area contributed by atoms with Crippen molar-refractivity contribution in [1.29, 1.82) is 0 Å². The van der Waals surface area contributed by atoms with Crippen molar-refractivity contribution in [3.05, 3.63) is 341 Å². The first-order valence-electron chi connectivity index (χ1n) is 35.3. The van der Waals surface area contributed by atoms with Crippen LogP contribution in [0, 0.1) is 11.8 Å². The number of aromatic hydroxyl groups is 2. The molecule has 1 aliphatic heterocycles. The number of benzene rings is 12. The van der Waals surface area contributed by atoms with Crippen LogP contribution in [0.1, 0.15) is 105 Å². The van der Waals surface area contributed by atoms with Crippen LogP contribution in [0.2, 0.25) is 23.7 Å². The minimum Gasteiger partial charge on any atom is -0.508 e. The largest absolute Gasteiger partial charge is 0.508 e. The van der Waals surface area contributed by atoms with E-state index in [4.69, 9.17) is 4.74 Å². The Morgan fingerprint density at radius 3 is 1.02 bits per heavy atom. The molecule has 1 heterocycles. The van der Waals surface area contributed by atoms with Crippen molar-refractivity contribution in [2.75, 3.05) is 16.4 Å². The van der Waals surface area contributed by atoms with E-state index in [1.807, 2.05) is 12.1 Å². The lowest BCUT2D eigenvalue weighted by Gasteiger charge is -2.33. The highest BCUT2D eigenvalue weighted by molar-refractivity contribution is 6.91. The number of anilines is 6. The molecule has 0 saturated carbocycles. The molecular formula is C92H92N2O3Si. The molecule has 0 radical (unpaired) electrons. The molecule has 13 rings (SSSR count). The normalized spacial score (nSPS) is 15.6. The third-order valence-corrected chi connectivity index (χ3v) is 27.3. The Kier molecular flexibility index (Phi) is 19.9. The second-order valence-corrected chi connectivity index (χ2v) is 34.0. The van der Waals surface area contributed by atoms with E-state index in [2.05, 4.69) is 344 Å². The van der Waals surface area contributed by atoms with Gasteiger partial charge in [-0.25, -0.2) is 0 Å². The van der Waals surface area contributed by atoms with Gasteiger partial charge in [0, 0.05) is 52.4 Å². The highest BCUT2D eigenvalue weighted by Crippen LogP contribution is 2.61. The molecule has 6 heteroatoms. The summed E-state index contributed by atoms with van der Waals surface area (Å²) in [5.74, 6) is 2.48. The molecule has 12 aromatic carbocycles. The molecule has 98 heavy (non-hydrogen) atoms. The number of phenolic OH excluding ortho intramolecular Hbond substituents is 2. The number of rotatable bonds is 25. The van der Waals surface area contributed by atoms with Crippen LogP contribution in [0.15, 0.2) is 291 Å². The third kappa shape index (κ3) is 14.9. The Labute approximate surface area is 583 Å². The van der Waals surface area contributed by atoms with Gasteiger partial charge in [0.15, 0.2) is 0 Å². The van der Waals surface area contributed by atoms with Crippen LogP contribution in [0.4, 0.5) is 34.1 Å². The average Bonchev–Trinajstić information content (AvgIpc) is 1.59. The van der Waals surface area contributed by atoms with Crippen LogP contribution in [0.3, 0.4) is 0 Å². The van der Waals surface area contributed by atoms with Crippen LogP contribution < -0.4 is 14.5 Å². The molecule has 0 aliphatic carbocycles. The second-order valence-electron chi connectivity index (χ2n) is 28.7. The summed E-state index contributed by atoms with van der Waals surface area (Å²) in [6.07, 6.45) is 4.16. The van der Waals surface area contributed by atoms with Crippen molar-refractivity contribution in [3.8, 4) is 50.6 Å². The molecule has 2 N–H and O–H groups in total. The molecule has 0 bridgehead atoms. The van der Waals surface area contributed by atoms with E-state index >= 15 is 0 Å². The molecule has 3 unspecified atom stereocenters. The van der Waals surface area contributed by atoms with Gasteiger partial charge in [-0.2, -0.15) is 0 Å². The predicted octanol–water partition coefficient (Wildman–Crippen LogP) is 24.6. The molecule has 492 valence electrons. The molecule has 1 aliphatic rings. The van der Waals surface area contributed by atoms with Crippen LogP contribution >= 0.6 is 0 Å². The molecule has 3 atom stereocenters. The van der Waals surface area contributed by atoms with E-state index < -0.39 is 13.5 Å². The summed E-state index contributed by atoms with van der Waals surface area (Å²) in [5, 5.41) is 23.7. The minimum absolute atomic E-state index is 0.245. The number of hydrogen-bond acceptors (Lipinski definition) is 5. The Hall–Kier alpha value is -10.1. The van der Waals surface area contributed by atoms with Crippen LogP contribution in [0.25, 0.3) is 33.4 Å². The highest BCUT2D eigenvalue weighted by atomic mass is 28.3. The number of hydrogen-bond donors (Lipinski definition) is 2. The topological polar surface area (TPSA) is 56.2 Å². The van der Waals surface area contributed by atoms with Gasteiger partial charge in [-0.05, 0) is 230 Å². The monoisotopic (exact) mass is 1300 g/mol. The zero-order valence-corrected chi connectivity index (χ0v) is 59.2. The van der Waals surface area contributed by atoms with Crippen molar-refractivity contribution in [1.82, 2.24) is 0 Å². The number of phenols is 2.